The highest BCUT2D eigenvalue weighted by atomic mass is 35.5. The third-order valence-electron chi connectivity index (χ3n) is 4.11. The van der Waals surface area contributed by atoms with Gasteiger partial charge in [-0.15, -0.1) is 14.8 Å². The third kappa shape index (κ3) is 2.98. The highest BCUT2D eigenvalue weighted by molar-refractivity contribution is 6.33. The van der Waals surface area contributed by atoms with Crippen molar-refractivity contribution in [3.05, 3.63) is 46.7 Å². The predicted molar refractivity (Wildman–Crippen MR) is 88.1 cm³/mol. The second-order valence-corrected chi connectivity index (χ2v) is 6.03. The van der Waals surface area contributed by atoms with Crippen molar-refractivity contribution in [1.82, 2.24) is 30.2 Å². The van der Waals surface area contributed by atoms with Crippen molar-refractivity contribution >= 4 is 29.0 Å². The molecule has 0 aliphatic carbocycles. The van der Waals surface area contributed by atoms with E-state index in [4.69, 9.17) is 11.6 Å². The number of hydrogen-bond acceptors (Lipinski definition) is 6. The van der Waals surface area contributed by atoms with Crippen LogP contribution in [-0.2, 0) is 0 Å². The SMILES string of the molecule is O=C(c1ccc(F)cc1Cl)N1CCN(c2ccc3nnnn3n2)CC1. The molecule has 0 bridgehead atoms. The van der Waals surface area contributed by atoms with E-state index in [2.05, 4.69) is 25.5 Å². The zero-order valence-corrected chi connectivity index (χ0v) is 13.8. The van der Waals surface area contributed by atoms with Crippen LogP contribution in [0.4, 0.5) is 10.2 Å². The van der Waals surface area contributed by atoms with Crippen LogP contribution in [-0.4, -0.2) is 62.2 Å². The van der Waals surface area contributed by atoms with Crippen molar-refractivity contribution in [2.75, 3.05) is 31.1 Å². The number of carbonyl (C=O) groups is 1. The summed E-state index contributed by atoms with van der Waals surface area (Å²) in [4.78, 5) is 16.3. The molecule has 1 aliphatic heterocycles. The summed E-state index contributed by atoms with van der Waals surface area (Å²) in [6, 6.07) is 7.44. The van der Waals surface area contributed by atoms with E-state index in [9.17, 15) is 9.18 Å². The molecule has 0 radical (unpaired) electrons. The lowest BCUT2D eigenvalue weighted by Gasteiger charge is -2.35. The lowest BCUT2D eigenvalue weighted by Crippen LogP contribution is -2.49. The molecular formula is C15H13ClFN7O. The molecule has 25 heavy (non-hydrogen) atoms. The number of hydrogen-bond donors (Lipinski definition) is 0. The maximum atomic E-state index is 13.1. The van der Waals surface area contributed by atoms with Crippen LogP contribution < -0.4 is 4.90 Å². The number of piperazine rings is 1. The van der Waals surface area contributed by atoms with Crippen LogP contribution in [0.3, 0.4) is 0 Å². The summed E-state index contributed by atoms with van der Waals surface area (Å²) in [6.45, 7) is 2.26. The summed E-state index contributed by atoms with van der Waals surface area (Å²) < 4.78 is 14.5. The van der Waals surface area contributed by atoms with E-state index in [1.807, 2.05) is 6.07 Å². The van der Waals surface area contributed by atoms with Crippen LogP contribution in [0.15, 0.2) is 30.3 Å². The maximum Gasteiger partial charge on any atom is 0.255 e. The van der Waals surface area contributed by atoms with Crippen molar-refractivity contribution < 1.29 is 9.18 Å². The van der Waals surface area contributed by atoms with Gasteiger partial charge >= 0.3 is 0 Å². The normalized spacial score (nSPS) is 15.0. The van der Waals surface area contributed by atoms with Crippen LogP contribution in [0.1, 0.15) is 10.4 Å². The quantitative estimate of drug-likeness (QED) is 0.684. The van der Waals surface area contributed by atoms with Gasteiger partial charge in [-0.2, -0.15) is 0 Å². The topological polar surface area (TPSA) is 79.5 Å². The lowest BCUT2D eigenvalue weighted by molar-refractivity contribution is 0.0746. The Bertz CT molecular complexity index is 939. The Morgan fingerprint density at radius 3 is 2.68 bits per heavy atom. The maximum absolute atomic E-state index is 13.1. The second kappa shape index (κ2) is 6.25. The number of carbonyl (C=O) groups excluding carboxylic acids is 1. The van der Waals surface area contributed by atoms with Gasteiger partial charge in [0.2, 0.25) is 0 Å². The molecule has 1 fully saturated rings. The average molecular weight is 362 g/mol. The molecular weight excluding hydrogens is 349 g/mol. The summed E-state index contributed by atoms with van der Waals surface area (Å²) in [5.41, 5.74) is 0.883. The smallest absolute Gasteiger partial charge is 0.255 e. The van der Waals surface area contributed by atoms with Gasteiger partial charge in [0.05, 0.1) is 10.6 Å². The highest BCUT2D eigenvalue weighted by Crippen LogP contribution is 2.21. The van der Waals surface area contributed by atoms with E-state index in [1.54, 1.807) is 11.0 Å². The van der Waals surface area contributed by atoms with Crippen LogP contribution in [0, 0.1) is 5.82 Å². The minimum absolute atomic E-state index is 0.123. The summed E-state index contributed by atoms with van der Waals surface area (Å²) >= 11 is 5.98. The molecule has 128 valence electrons. The molecule has 2 aromatic heterocycles. The molecule has 4 rings (SSSR count). The fraction of sp³-hybridized carbons (Fsp3) is 0.267. The summed E-state index contributed by atoms with van der Waals surface area (Å²) in [6.07, 6.45) is 0. The van der Waals surface area contributed by atoms with Crippen LogP contribution >= 0.6 is 11.6 Å². The molecule has 10 heteroatoms. The molecule has 0 spiro atoms. The Balaban J connectivity index is 1.46. The molecule has 0 atom stereocenters. The Morgan fingerprint density at radius 2 is 1.92 bits per heavy atom. The molecule has 1 saturated heterocycles. The summed E-state index contributed by atoms with van der Waals surface area (Å²) in [5, 5.41) is 15.6. The van der Waals surface area contributed by atoms with Gasteiger partial charge in [0.25, 0.3) is 5.91 Å². The van der Waals surface area contributed by atoms with Gasteiger partial charge in [-0.25, -0.2) is 4.39 Å². The second-order valence-electron chi connectivity index (χ2n) is 5.62. The molecule has 1 aromatic carbocycles. The fourth-order valence-corrected chi connectivity index (χ4v) is 3.03. The molecule has 0 saturated carbocycles. The van der Waals surface area contributed by atoms with Crippen LogP contribution in [0.2, 0.25) is 5.02 Å². The first-order valence-electron chi connectivity index (χ1n) is 7.66. The Labute approximate surface area is 146 Å². The standard InChI is InChI=1S/C15H13ClFN7O/c16-12-9-10(17)1-2-11(12)15(25)23-7-5-22(6-8-23)14-4-3-13-18-20-21-24(13)19-14/h1-4,9H,5-8H2. The number of benzene rings is 1. The Hall–Kier alpha value is -2.81. The molecule has 0 unspecified atom stereocenters. The minimum Gasteiger partial charge on any atom is -0.352 e. The Morgan fingerprint density at radius 1 is 1.12 bits per heavy atom. The number of aromatic nitrogens is 5. The summed E-state index contributed by atoms with van der Waals surface area (Å²) in [5.74, 6) is 0.0793. The van der Waals surface area contributed by atoms with Crippen LogP contribution in [0.25, 0.3) is 5.65 Å². The number of fused-ring (bicyclic) bond motifs is 1. The monoisotopic (exact) mass is 361 g/mol. The van der Waals surface area contributed by atoms with Crippen molar-refractivity contribution in [3.8, 4) is 0 Å². The number of rotatable bonds is 2. The predicted octanol–water partition coefficient (Wildman–Crippen LogP) is 1.27. The molecule has 0 N–H and O–H groups in total. The number of amides is 1. The van der Waals surface area contributed by atoms with Gasteiger partial charge in [-0.3, -0.25) is 4.79 Å². The average Bonchev–Trinajstić information content (AvgIpc) is 3.09. The molecule has 1 aliphatic rings. The zero-order chi connectivity index (χ0) is 17.4. The molecule has 8 nitrogen and oxygen atoms in total. The largest absolute Gasteiger partial charge is 0.352 e. The first-order valence-corrected chi connectivity index (χ1v) is 8.04. The number of halogens is 2. The first-order chi connectivity index (χ1) is 12.1. The number of anilines is 1. The van der Waals surface area contributed by atoms with Gasteiger partial charge in [-0.05, 0) is 40.8 Å². The lowest BCUT2D eigenvalue weighted by atomic mass is 10.1. The highest BCUT2D eigenvalue weighted by Gasteiger charge is 2.24. The van der Waals surface area contributed by atoms with Crippen molar-refractivity contribution in [2.24, 2.45) is 0 Å². The van der Waals surface area contributed by atoms with Gasteiger partial charge in [-0.1, -0.05) is 11.6 Å². The van der Waals surface area contributed by atoms with Crippen LogP contribution in [0.5, 0.6) is 0 Å². The van der Waals surface area contributed by atoms with Gasteiger partial charge in [0.1, 0.15) is 5.82 Å². The van der Waals surface area contributed by atoms with E-state index in [1.165, 1.54) is 16.8 Å². The molecule has 1 amide bonds. The van der Waals surface area contributed by atoms with Crippen molar-refractivity contribution in [3.63, 3.8) is 0 Å². The minimum atomic E-state index is -0.463. The van der Waals surface area contributed by atoms with E-state index in [0.29, 0.717) is 37.4 Å². The van der Waals surface area contributed by atoms with E-state index in [0.717, 1.165) is 11.9 Å². The number of tetrazole rings is 1. The fourth-order valence-electron chi connectivity index (χ4n) is 2.78. The van der Waals surface area contributed by atoms with Crippen molar-refractivity contribution in [2.45, 2.75) is 0 Å². The zero-order valence-electron chi connectivity index (χ0n) is 13.0. The van der Waals surface area contributed by atoms with E-state index in [-0.39, 0.29) is 10.9 Å². The first kappa shape index (κ1) is 15.7. The van der Waals surface area contributed by atoms with Crippen molar-refractivity contribution in [1.29, 1.82) is 0 Å². The number of nitrogens with zero attached hydrogens (tertiary/aromatic N) is 7. The van der Waals surface area contributed by atoms with E-state index >= 15 is 0 Å². The van der Waals surface area contributed by atoms with Gasteiger partial charge in [0, 0.05) is 26.2 Å². The third-order valence-corrected chi connectivity index (χ3v) is 4.42. The van der Waals surface area contributed by atoms with E-state index < -0.39 is 5.82 Å². The summed E-state index contributed by atoms with van der Waals surface area (Å²) in [7, 11) is 0. The molecule has 3 heterocycles. The van der Waals surface area contributed by atoms with Gasteiger partial charge in [0.15, 0.2) is 11.5 Å². The Kier molecular flexibility index (Phi) is 3.92. The molecule has 3 aromatic rings. The van der Waals surface area contributed by atoms with Gasteiger partial charge < -0.3 is 9.80 Å².